The zero-order valence-electron chi connectivity index (χ0n) is 18.1. The molecule has 0 saturated heterocycles. The summed E-state index contributed by atoms with van der Waals surface area (Å²) in [5.41, 5.74) is 1.73. The molecule has 170 valence electrons. The quantitative estimate of drug-likeness (QED) is 0.396. The number of carbonyl (C=O) groups excluding carboxylic acids is 1. The van der Waals surface area contributed by atoms with Gasteiger partial charge in [-0.25, -0.2) is 9.97 Å². The molecule has 4 rings (SSSR count). The first-order valence-corrected chi connectivity index (χ1v) is 11.2. The Kier molecular flexibility index (Phi) is 6.84. The summed E-state index contributed by atoms with van der Waals surface area (Å²) in [5.74, 6) is -0.299. The molecular formula is C24H23ClN4O4. The number of aromatic nitrogens is 4. The summed E-state index contributed by atoms with van der Waals surface area (Å²) in [5, 5.41) is 0.854. The van der Waals surface area contributed by atoms with Crippen LogP contribution in [0.1, 0.15) is 37.7 Å². The number of aromatic amines is 1. The molecule has 2 aromatic carbocycles. The molecule has 4 aromatic rings. The topological polar surface area (TPSA) is 107 Å². The van der Waals surface area contributed by atoms with Crippen LogP contribution in [-0.4, -0.2) is 25.5 Å². The lowest BCUT2D eigenvalue weighted by Gasteiger charge is -2.12. The molecule has 0 fully saturated rings. The van der Waals surface area contributed by atoms with Crippen molar-refractivity contribution >= 4 is 39.5 Å². The second kappa shape index (κ2) is 9.95. The van der Waals surface area contributed by atoms with Crippen molar-refractivity contribution in [3.8, 4) is 0 Å². The van der Waals surface area contributed by atoms with E-state index in [9.17, 15) is 14.4 Å². The fourth-order valence-corrected chi connectivity index (χ4v) is 3.78. The van der Waals surface area contributed by atoms with E-state index in [1.807, 2.05) is 24.3 Å². The van der Waals surface area contributed by atoms with Gasteiger partial charge in [-0.15, -0.1) is 0 Å². The first-order valence-electron chi connectivity index (χ1n) is 10.8. The Morgan fingerprint density at radius 3 is 2.76 bits per heavy atom. The van der Waals surface area contributed by atoms with Gasteiger partial charge in [-0.3, -0.25) is 14.4 Å². The van der Waals surface area contributed by atoms with E-state index in [-0.39, 0.29) is 36.4 Å². The largest absolute Gasteiger partial charge is 0.458 e. The van der Waals surface area contributed by atoms with Crippen LogP contribution in [0, 0.1) is 0 Å². The van der Waals surface area contributed by atoms with Crippen molar-refractivity contribution in [3.05, 3.63) is 79.7 Å². The monoisotopic (exact) mass is 466 g/mol. The van der Waals surface area contributed by atoms with E-state index in [1.165, 1.54) is 0 Å². The van der Waals surface area contributed by atoms with Crippen LogP contribution >= 0.6 is 11.6 Å². The highest BCUT2D eigenvalue weighted by Gasteiger charge is 2.14. The zero-order valence-corrected chi connectivity index (χ0v) is 18.9. The van der Waals surface area contributed by atoms with Gasteiger partial charge in [0.15, 0.2) is 0 Å². The van der Waals surface area contributed by atoms with Crippen LogP contribution in [-0.2, 0) is 29.1 Å². The van der Waals surface area contributed by atoms with E-state index in [0.29, 0.717) is 33.7 Å². The minimum absolute atomic E-state index is 0.0159. The van der Waals surface area contributed by atoms with E-state index >= 15 is 0 Å². The predicted molar refractivity (Wildman–Crippen MR) is 126 cm³/mol. The molecule has 0 aliphatic heterocycles. The summed E-state index contributed by atoms with van der Waals surface area (Å²) >= 11 is 5.97. The lowest BCUT2D eigenvalue weighted by atomic mass is 10.2. The van der Waals surface area contributed by atoms with E-state index in [2.05, 4.69) is 21.9 Å². The predicted octanol–water partition coefficient (Wildman–Crippen LogP) is 3.76. The smallest absolute Gasteiger partial charge is 0.306 e. The number of halogens is 1. The number of nitrogens with one attached hydrogen (secondary N) is 1. The third-order valence-corrected chi connectivity index (χ3v) is 5.54. The number of ether oxygens (including phenoxy) is 1. The minimum Gasteiger partial charge on any atom is -0.458 e. The molecule has 0 saturated carbocycles. The van der Waals surface area contributed by atoms with Crippen molar-refractivity contribution in [2.24, 2.45) is 0 Å². The van der Waals surface area contributed by atoms with Gasteiger partial charge in [0.1, 0.15) is 18.1 Å². The lowest BCUT2D eigenvalue weighted by Crippen LogP contribution is -2.26. The number of esters is 1. The summed E-state index contributed by atoms with van der Waals surface area (Å²) in [6.45, 7) is 2.47. The second-order valence-electron chi connectivity index (χ2n) is 7.69. The lowest BCUT2D eigenvalue weighted by molar-refractivity contribution is -0.145. The van der Waals surface area contributed by atoms with Crippen molar-refractivity contribution in [2.45, 2.75) is 45.8 Å². The molecule has 0 bridgehead atoms. The molecule has 0 atom stereocenters. The maximum Gasteiger partial charge on any atom is 0.306 e. The van der Waals surface area contributed by atoms with Gasteiger partial charge < -0.3 is 14.3 Å². The maximum atomic E-state index is 13.0. The van der Waals surface area contributed by atoms with Gasteiger partial charge in [0, 0.05) is 18.0 Å². The normalized spacial score (nSPS) is 11.2. The Morgan fingerprint density at radius 1 is 1.12 bits per heavy atom. The van der Waals surface area contributed by atoms with Gasteiger partial charge in [0.25, 0.3) is 11.1 Å². The molecular weight excluding hydrogens is 444 g/mol. The number of hydrogen-bond acceptors (Lipinski definition) is 6. The van der Waals surface area contributed by atoms with Crippen LogP contribution in [0.4, 0.5) is 0 Å². The molecule has 0 aliphatic carbocycles. The molecule has 9 heteroatoms. The van der Waals surface area contributed by atoms with Crippen LogP contribution in [0.2, 0.25) is 5.02 Å². The molecule has 8 nitrogen and oxygen atoms in total. The average molecular weight is 467 g/mol. The fraction of sp³-hybridized carbons (Fsp3) is 0.292. The van der Waals surface area contributed by atoms with Crippen molar-refractivity contribution in [2.75, 3.05) is 0 Å². The SMILES string of the molecule is CCCCn1c(=O)c(CCC(=O)OCc2nc3cc(Cl)ccc3c(=O)[nH]2)nc2ccccc21. The van der Waals surface area contributed by atoms with Crippen molar-refractivity contribution < 1.29 is 9.53 Å². The maximum absolute atomic E-state index is 13.0. The first-order chi connectivity index (χ1) is 16.0. The van der Waals surface area contributed by atoms with Gasteiger partial charge in [0.2, 0.25) is 0 Å². The molecule has 0 radical (unpaired) electrons. The van der Waals surface area contributed by atoms with Crippen LogP contribution in [0.5, 0.6) is 0 Å². The number of aryl methyl sites for hydroxylation is 2. The number of nitrogens with zero attached hydrogens (tertiary/aromatic N) is 3. The van der Waals surface area contributed by atoms with E-state index < -0.39 is 5.97 Å². The minimum atomic E-state index is -0.515. The summed E-state index contributed by atoms with van der Waals surface area (Å²) in [4.78, 5) is 48.8. The van der Waals surface area contributed by atoms with Gasteiger partial charge >= 0.3 is 5.97 Å². The highest BCUT2D eigenvalue weighted by atomic mass is 35.5. The van der Waals surface area contributed by atoms with Crippen LogP contribution in [0.15, 0.2) is 52.1 Å². The third kappa shape index (κ3) is 5.12. The number of para-hydroxylation sites is 2. The van der Waals surface area contributed by atoms with E-state index in [1.54, 1.807) is 22.8 Å². The third-order valence-electron chi connectivity index (χ3n) is 5.31. The van der Waals surface area contributed by atoms with Crippen LogP contribution in [0.3, 0.4) is 0 Å². The highest BCUT2D eigenvalue weighted by Crippen LogP contribution is 2.15. The van der Waals surface area contributed by atoms with E-state index in [4.69, 9.17) is 16.3 Å². The fourth-order valence-electron chi connectivity index (χ4n) is 3.62. The molecule has 0 spiro atoms. The first kappa shape index (κ1) is 22.7. The number of benzene rings is 2. The van der Waals surface area contributed by atoms with E-state index in [0.717, 1.165) is 18.4 Å². The number of carbonyl (C=O) groups is 1. The molecule has 2 aromatic heterocycles. The average Bonchev–Trinajstić information content (AvgIpc) is 2.80. The van der Waals surface area contributed by atoms with Gasteiger partial charge in [-0.1, -0.05) is 37.1 Å². The standard InChI is InChI=1S/C24H23ClN4O4/c1-2-3-12-29-20-7-5-4-6-17(20)26-18(24(29)32)10-11-22(30)33-14-21-27-19-13-15(25)8-9-16(19)23(31)28-21/h4-9,13H,2-3,10-12,14H2,1H3,(H,27,28,31). The molecule has 2 heterocycles. The molecule has 0 unspecified atom stereocenters. The summed E-state index contributed by atoms with van der Waals surface area (Å²) in [7, 11) is 0. The van der Waals surface area contributed by atoms with Crippen molar-refractivity contribution in [1.29, 1.82) is 0 Å². The number of fused-ring (bicyclic) bond motifs is 2. The number of hydrogen-bond donors (Lipinski definition) is 1. The van der Waals surface area contributed by atoms with Gasteiger partial charge in [0.05, 0.1) is 28.4 Å². The second-order valence-corrected chi connectivity index (χ2v) is 8.13. The van der Waals surface area contributed by atoms with Crippen LogP contribution in [0.25, 0.3) is 21.9 Å². The Morgan fingerprint density at radius 2 is 1.94 bits per heavy atom. The Bertz CT molecular complexity index is 1440. The number of H-pyrrole nitrogens is 1. The van der Waals surface area contributed by atoms with Crippen LogP contribution < -0.4 is 11.1 Å². The number of unbranched alkanes of at least 4 members (excludes halogenated alkanes) is 1. The number of rotatable bonds is 8. The molecule has 1 N–H and O–H groups in total. The van der Waals surface area contributed by atoms with Crippen molar-refractivity contribution in [1.82, 2.24) is 19.5 Å². The Labute approximate surface area is 194 Å². The Hall–Kier alpha value is -3.52. The summed E-state index contributed by atoms with van der Waals surface area (Å²) < 4.78 is 6.99. The molecule has 33 heavy (non-hydrogen) atoms. The van der Waals surface area contributed by atoms with Crippen molar-refractivity contribution in [3.63, 3.8) is 0 Å². The van der Waals surface area contributed by atoms with Gasteiger partial charge in [-0.05, 0) is 36.8 Å². The molecule has 0 aliphatic rings. The van der Waals surface area contributed by atoms with Gasteiger partial charge in [-0.2, -0.15) is 0 Å². The molecule has 0 amide bonds. The zero-order chi connectivity index (χ0) is 23.4. The Balaban J connectivity index is 1.46. The summed E-state index contributed by atoms with van der Waals surface area (Å²) in [6, 6.07) is 12.2. The summed E-state index contributed by atoms with van der Waals surface area (Å²) in [6.07, 6.45) is 1.98. The highest BCUT2D eigenvalue weighted by molar-refractivity contribution is 6.31.